The number of fused-ring (bicyclic) bond motifs is 2. The maximum Gasteiger partial charge on any atom is 0.231 e. The van der Waals surface area contributed by atoms with E-state index in [1.54, 1.807) is 17.3 Å². The van der Waals surface area contributed by atoms with Crippen LogP contribution in [0.25, 0.3) is 0 Å². The maximum atomic E-state index is 13.4. The van der Waals surface area contributed by atoms with Crippen LogP contribution in [-0.4, -0.2) is 46.7 Å². The third kappa shape index (κ3) is 2.90. The van der Waals surface area contributed by atoms with Gasteiger partial charge in [-0.3, -0.25) is 14.6 Å². The molecule has 4 aliphatic heterocycles. The number of carbonyl (C=O) groups excluding carboxylic acids is 2. The Morgan fingerprint density at radius 3 is 2.87 bits per heavy atom. The number of pyridine rings is 1. The Balaban J connectivity index is 1.19. The molecule has 2 bridgehead atoms. The minimum atomic E-state index is -0.725. The summed E-state index contributed by atoms with van der Waals surface area (Å²) in [5, 5.41) is 2.97. The highest BCUT2D eigenvalue weighted by atomic mass is 16.7. The van der Waals surface area contributed by atoms with Crippen molar-refractivity contribution in [2.45, 2.75) is 24.8 Å². The van der Waals surface area contributed by atoms with E-state index >= 15 is 0 Å². The number of carbonyl (C=O) groups is 2. The minimum Gasteiger partial charge on any atom is -0.454 e. The number of likely N-dealkylation sites (tertiary alicyclic amines) is 1. The van der Waals surface area contributed by atoms with Gasteiger partial charge in [0.2, 0.25) is 18.6 Å². The van der Waals surface area contributed by atoms with Gasteiger partial charge in [-0.15, -0.1) is 0 Å². The Hall–Kier alpha value is -3.39. The van der Waals surface area contributed by atoms with Crippen LogP contribution in [0.15, 0.2) is 54.9 Å². The van der Waals surface area contributed by atoms with E-state index in [0.717, 1.165) is 11.1 Å². The fourth-order valence-electron chi connectivity index (χ4n) is 5.08. The average Bonchev–Trinajstić information content (AvgIpc) is 3.54. The van der Waals surface area contributed by atoms with Gasteiger partial charge in [-0.2, -0.15) is 0 Å². The van der Waals surface area contributed by atoms with Gasteiger partial charge in [-0.25, -0.2) is 0 Å². The number of hydrogen-bond donors (Lipinski definition) is 1. The number of benzene rings is 1. The van der Waals surface area contributed by atoms with Crippen LogP contribution in [0.3, 0.4) is 0 Å². The van der Waals surface area contributed by atoms with Gasteiger partial charge in [-0.05, 0) is 35.4 Å². The van der Waals surface area contributed by atoms with Crippen molar-refractivity contribution in [3.63, 3.8) is 0 Å². The van der Waals surface area contributed by atoms with Crippen LogP contribution in [0.5, 0.6) is 11.5 Å². The summed E-state index contributed by atoms with van der Waals surface area (Å²) in [5.74, 6) is 0.163. The lowest BCUT2D eigenvalue weighted by atomic mass is 9.77. The number of hydrogen-bond acceptors (Lipinski definition) is 6. The zero-order chi connectivity index (χ0) is 21.0. The van der Waals surface area contributed by atoms with Gasteiger partial charge in [0.1, 0.15) is 5.60 Å². The van der Waals surface area contributed by atoms with Crippen LogP contribution in [0.2, 0.25) is 0 Å². The molecule has 8 nitrogen and oxygen atoms in total. The zero-order valence-corrected chi connectivity index (χ0v) is 16.7. The number of aromatic nitrogens is 1. The third-order valence-electron chi connectivity index (χ3n) is 6.51. The van der Waals surface area contributed by atoms with Gasteiger partial charge in [0.15, 0.2) is 11.5 Å². The summed E-state index contributed by atoms with van der Waals surface area (Å²) >= 11 is 0. The predicted octanol–water partition coefficient (Wildman–Crippen LogP) is 1.41. The van der Waals surface area contributed by atoms with Crippen molar-refractivity contribution >= 4 is 11.8 Å². The quantitative estimate of drug-likeness (QED) is 0.737. The summed E-state index contributed by atoms with van der Waals surface area (Å²) in [6, 6.07) is 9.39. The Labute approximate surface area is 178 Å². The molecule has 1 N–H and O–H groups in total. The fraction of sp³-hybridized carbons (Fsp3) is 0.348. The Morgan fingerprint density at radius 2 is 2.00 bits per heavy atom. The molecule has 0 radical (unpaired) electrons. The van der Waals surface area contributed by atoms with Gasteiger partial charge in [0.05, 0.1) is 24.5 Å². The van der Waals surface area contributed by atoms with E-state index in [9.17, 15) is 9.59 Å². The Morgan fingerprint density at radius 1 is 1.16 bits per heavy atom. The number of amides is 2. The summed E-state index contributed by atoms with van der Waals surface area (Å²) in [7, 11) is 0. The van der Waals surface area contributed by atoms with E-state index in [4.69, 9.17) is 14.2 Å². The lowest BCUT2D eigenvalue weighted by Crippen LogP contribution is -2.43. The van der Waals surface area contributed by atoms with Crippen LogP contribution >= 0.6 is 0 Å². The second-order valence-corrected chi connectivity index (χ2v) is 8.36. The first-order chi connectivity index (χ1) is 15.1. The predicted molar refractivity (Wildman–Crippen MR) is 108 cm³/mol. The molecule has 4 aliphatic rings. The molecule has 0 aliphatic carbocycles. The average molecular weight is 419 g/mol. The molecule has 6 rings (SSSR count). The van der Waals surface area contributed by atoms with Crippen molar-refractivity contribution in [1.29, 1.82) is 0 Å². The Bertz CT molecular complexity index is 1090. The molecule has 5 heterocycles. The molecular formula is C23H21N3O5. The SMILES string of the molecule is O=C(NCc1ccncc1)C1C2C(=O)N(Cc3ccc4c(c3)OCO4)C[C@]23C=C[C@H]1O3. The molecule has 2 saturated heterocycles. The molecule has 2 aromatic rings. The molecule has 1 aromatic carbocycles. The van der Waals surface area contributed by atoms with Crippen LogP contribution in [0.1, 0.15) is 11.1 Å². The van der Waals surface area contributed by atoms with Gasteiger partial charge < -0.3 is 24.4 Å². The van der Waals surface area contributed by atoms with Crippen LogP contribution in [0, 0.1) is 11.8 Å². The Kier molecular flexibility index (Phi) is 4.04. The number of nitrogens with zero attached hydrogens (tertiary/aromatic N) is 2. The van der Waals surface area contributed by atoms with Crippen molar-refractivity contribution in [2.75, 3.05) is 13.3 Å². The van der Waals surface area contributed by atoms with Crippen molar-refractivity contribution in [2.24, 2.45) is 11.8 Å². The lowest BCUT2D eigenvalue weighted by molar-refractivity contribution is -0.137. The van der Waals surface area contributed by atoms with Crippen LogP contribution in [0.4, 0.5) is 0 Å². The van der Waals surface area contributed by atoms with Crippen molar-refractivity contribution in [3.05, 3.63) is 66.0 Å². The molecule has 2 amide bonds. The summed E-state index contributed by atoms with van der Waals surface area (Å²) in [4.78, 5) is 32.2. The molecule has 158 valence electrons. The van der Waals surface area contributed by atoms with Crippen LogP contribution in [-0.2, 0) is 27.4 Å². The van der Waals surface area contributed by atoms with E-state index in [2.05, 4.69) is 10.3 Å². The molecule has 8 heteroatoms. The summed E-state index contributed by atoms with van der Waals surface area (Å²) in [6.07, 6.45) is 6.90. The summed E-state index contributed by atoms with van der Waals surface area (Å²) < 4.78 is 17.0. The van der Waals surface area contributed by atoms with E-state index < -0.39 is 17.4 Å². The topological polar surface area (TPSA) is 90.0 Å². The third-order valence-corrected chi connectivity index (χ3v) is 6.51. The van der Waals surface area contributed by atoms with E-state index in [1.165, 1.54) is 0 Å². The molecule has 4 atom stereocenters. The van der Waals surface area contributed by atoms with Gasteiger partial charge in [-0.1, -0.05) is 18.2 Å². The van der Waals surface area contributed by atoms with Crippen molar-refractivity contribution in [3.8, 4) is 11.5 Å². The molecule has 1 aromatic heterocycles. The first-order valence-corrected chi connectivity index (χ1v) is 10.3. The second kappa shape index (κ2) is 6.81. The smallest absolute Gasteiger partial charge is 0.231 e. The molecule has 2 fully saturated rings. The molecule has 2 unspecified atom stereocenters. The van der Waals surface area contributed by atoms with Gasteiger partial charge in [0.25, 0.3) is 0 Å². The molecule has 0 saturated carbocycles. The molecule has 1 spiro atoms. The van der Waals surface area contributed by atoms with E-state index in [0.29, 0.717) is 31.1 Å². The highest BCUT2D eigenvalue weighted by molar-refractivity contribution is 5.93. The zero-order valence-electron chi connectivity index (χ0n) is 16.7. The second-order valence-electron chi connectivity index (χ2n) is 8.36. The largest absolute Gasteiger partial charge is 0.454 e. The highest BCUT2D eigenvalue weighted by Gasteiger charge is 2.66. The first kappa shape index (κ1) is 18.4. The maximum absolute atomic E-state index is 13.4. The first-order valence-electron chi connectivity index (χ1n) is 10.3. The van der Waals surface area contributed by atoms with Gasteiger partial charge >= 0.3 is 0 Å². The van der Waals surface area contributed by atoms with Crippen molar-refractivity contribution in [1.82, 2.24) is 15.2 Å². The fourth-order valence-corrected chi connectivity index (χ4v) is 5.08. The van der Waals surface area contributed by atoms with Crippen LogP contribution < -0.4 is 14.8 Å². The minimum absolute atomic E-state index is 0.0476. The van der Waals surface area contributed by atoms with E-state index in [-0.39, 0.29) is 24.7 Å². The monoisotopic (exact) mass is 419 g/mol. The van der Waals surface area contributed by atoms with Gasteiger partial charge in [0, 0.05) is 25.5 Å². The molecular weight excluding hydrogens is 398 g/mol. The highest BCUT2D eigenvalue weighted by Crippen LogP contribution is 2.52. The molecule has 31 heavy (non-hydrogen) atoms. The lowest BCUT2D eigenvalue weighted by Gasteiger charge is -2.23. The number of ether oxygens (including phenoxy) is 3. The number of rotatable bonds is 5. The summed E-state index contributed by atoms with van der Waals surface area (Å²) in [6.45, 7) is 1.47. The standard InChI is InChI=1S/C23H21N3O5/c27-21(25-10-14-4-7-24-8-5-14)19-17-3-6-23(31-17)12-26(22(28)20(19)23)11-15-1-2-16-18(9-15)30-13-29-16/h1-9,17,19-20H,10-13H2,(H,25,27)/t17-,19?,20?,23-/m1/s1. The van der Waals surface area contributed by atoms with Crippen molar-refractivity contribution < 1.29 is 23.8 Å². The number of nitrogens with one attached hydrogen (secondary N) is 1. The summed E-state index contributed by atoms with van der Waals surface area (Å²) in [5.41, 5.74) is 1.18. The van der Waals surface area contributed by atoms with E-state index in [1.807, 2.05) is 42.5 Å². The normalized spacial score (nSPS) is 29.5.